The summed E-state index contributed by atoms with van der Waals surface area (Å²) < 4.78 is 42.9. The summed E-state index contributed by atoms with van der Waals surface area (Å²) in [7, 11) is 2.73. The fraction of sp³-hybridized carbons (Fsp3) is 0.200. The molecule has 1 aliphatic rings. The van der Waals surface area contributed by atoms with Gasteiger partial charge in [0, 0.05) is 19.2 Å². The number of methoxy groups -OCH3 is 2. The lowest BCUT2D eigenvalue weighted by Gasteiger charge is -2.32. The number of nitrogens with zero attached hydrogens (tertiary/aromatic N) is 3. The third kappa shape index (κ3) is 4.83. The van der Waals surface area contributed by atoms with Gasteiger partial charge in [0.25, 0.3) is 5.69 Å². The standard InChI is InChI=1S/C20H17F2N3O6/c1-29-11-13-10-18(12-3-8-16(21)17(22)9-12)24(19(23-13)30-2)20(26)31-15-6-4-14(5-7-15)25(27)28/h3-10,18H,11H2,1-2H3. The normalized spacial score (nSPS) is 15.7. The van der Waals surface area contributed by atoms with Gasteiger partial charge < -0.3 is 14.2 Å². The average molecular weight is 433 g/mol. The first-order valence-electron chi connectivity index (χ1n) is 8.86. The maximum absolute atomic E-state index is 13.9. The van der Waals surface area contributed by atoms with Crippen LogP contribution >= 0.6 is 0 Å². The smallest absolute Gasteiger partial charge is 0.424 e. The van der Waals surface area contributed by atoms with E-state index >= 15 is 0 Å². The van der Waals surface area contributed by atoms with E-state index in [0.717, 1.165) is 17.0 Å². The molecule has 9 nitrogen and oxygen atoms in total. The first-order chi connectivity index (χ1) is 14.8. The van der Waals surface area contributed by atoms with Crippen molar-refractivity contribution in [2.24, 2.45) is 4.99 Å². The molecule has 1 aliphatic heterocycles. The number of carbonyl (C=O) groups is 1. The Labute approximate surface area is 175 Å². The SMILES string of the molecule is COCC1=CC(c2ccc(F)c(F)c2)N(C(=O)Oc2ccc([N+](=O)[O-])cc2)C(OC)=N1. The highest BCUT2D eigenvalue weighted by molar-refractivity contribution is 5.93. The molecule has 0 saturated heterocycles. The molecule has 0 N–H and O–H groups in total. The van der Waals surface area contributed by atoms with Gasteiger partial charge in [0.2, 0.25) is 0 Å². The van der Waals surface area contributed by atoms with Crippen molar-refractivity contribution in [2.45, 2.75) is 6.04 Å². The Morgan fingerprint density at radius 2 is 1.87 bits per heavy atom. The molecule has 0 spiro atoms. The Kier molecular flexibility index (Phi) is 6.55. The van der Waals surface area contributed by atoms with E-state index in [0.29, 0.717) is 5.70 Å². The fourth-order valence-electron chi connectivity index (χ4n) is 2.88. The van der Waals surface area contributed by atoms with Crippen molar-refractivity contribution in [3.8, 4) is 5.75 Å². The largest absolute Gasteiger partial charge is 0.468 e. The van der Waals surface area contributed by atoms with Crippen molar-refractivity contribution in [1.29, 1.82) is 0 Å². The Bertz CT molecular complexity index is 1060. The summed E-state index contributed by atoms with van der Waals surface area (Å²) in [5.74, 6) is -2.10. The number of ether oxygens (including phenoxy) is 3. The third-order valence-electron chi connectivity index (χ3n) is 4.28. The van der Waals surface area contributed by atoms with E-state index in [9.17, 15) is 23.7 Å². The van der Waals surface area contributed by atoms with Gasteiger partial charge in [0.05, 0.1) is 30.4 Å². The highest BCUT2D eigenvalue weighted by Gasteiger charge is 2.35. The fourth-order valence-corrected chi connectivity index (χ4v) is 2.88. The van der Waals surface area contributed by atoms with E-state index in [-0.39, 0.29) is 29.6 Å². The predicted molar refractivity (Wildman–Crippen MR) is 104 cm³/mol. The van der Waals surface area contributed by atoms with E-state index in [2.05, 4.69) is 4.99 Å². The van der Waals surface area contributed by atoms with Crippen molar-refractivity contribution in [1.82, 2.24) is 4.90 Å². The number of amides is 1. The minimum Gasteiger partial charge on any atom is -0.468 e. The Balaban J connectivity index is 1.96. The number of nitro groups is 1. The van der Waals surface area contributed by atoms with Gasteiger partial charge in [-0.05, 0) is 35.9 Å². The topological polar surface area (TPSA) is 104 Å². The van der Waals surface area contributed by atoms with E-state index in [1.54, 1.807) is 0 Å². The molecule has 1 amide bonds. The zero-order valence-corrected chi connectivity index (χ0v) is 16.5. The molecule has 162 valence electrons. The van der Waals surface area contributed by atoms with Crippen LogP contribution in [0.25, 0.3) is 0 Å². The van der Waals surface area contributed by atoms with Gasteiger partial charge in [-0.2, -0.15) is 4.99 Å². The van der Waals surface area contributed by atoms with E-state index < -0.39 is 28.7 Å². The van der Waals surface area contributed by atoms with Crippen molar-refractivity contribution in [3.05, 3.63) is 81.5 Å². The number of benzene rings is 2. The third-order valence-corrected chi connectivity index (χ3v) is 4.28. The maximum atomic E-state index is 13.9. The highest BCUT2D eigenvalue weighted by Crippen LogP contribution is 2.31. The molecular weight excluding hydrogens is 416 g/mol. The molecule has 31 heavy (non-hydrogen) atoms. The van der Waals surface area contributed by atoms with Crippen LogP contribution in [0.15, 0.2) is 59.2 Å². The molecular formula is C20H17F2N3O6. The van der Waals surface area contributed by atoms with Crippen molar-refractivity contribution in [3.63, 3.8) is 0 Å². The van der Waals surface area contributed by atoms with Gasteiger partial charge in [-0.25, -0.2) is 18.5 Å². The van der Waals surface area contributed by atoms with Crippen LogP contribution in [0.2, 0.25) is 0 Å². The number of nitro benzene ring substituents is 1. The molecule has 0 radical (unpaired) electrons. The summed E-state index contributed by atoms with van der Waals surface area (Å²) >= 11 is 0. The summed E-state index contributed by atoms with van der Waals surface area (Å²) in [5, 5.41) is 10.8. The molecule has 1 atom stereocenters. The van der Waals surface area contributed by atoms with Crippen LogP contribution in [0.3, 0.4) is 0 Å². The molecule has 1 heterocycles. The maximum Gasteiger partial charge on any atom is 0.424 e. The Morgan fingerprint density at radius 1 is 1.16 bits per heavy atom. The Hall–Kier alpha value is -3.86. The van der Waals surface area contributed by atoms with Gasteiger partial charge >= 0.3 is 12.1 Å². The van der Waals surface area contributed by atoms with Gasteiger partial charge in [0.1, 0.15) is 5.75 Å². The van der Waals surface area contributed by atoms with Crippen LogP contribution in [0.1, 0.15) is 11.6 Å². The molecule has 0 aromatic heterocycles. The van der Waals surface area contributed by atoms with Gasteiger partial charge in [0.15, 0.2) is 11.6 Å². The molecule has 11 heteroatoms. The average Bonchev–Trinajstić information content (AvgIpc) is 2.75. The number of rotatable bonds is 5. The Morgan fingerprint density at radius 3 is 2.45 bits per heavy atom. The lowest BCUT2D eigenvalue weighted by molar-refractivity contribution is -0.384. The summed E-state index contributed by atoms with van der Waals surface area (Å²) in [6, 6.07) is 6.95. The molecule has 0 aliphatic carbocycles. The quantitative estimate of drug-likeness (QED) is 0.522. The van der Waals surface area contributed by atoms with Crippen LogP contribution in [-0.2, 0) is 9.47 Å². The predicted octanol–water partition coefficient (Wildman–Crippen LogP) is 3.96. The van der Waals surface area contributed by atoms with Crippen LogP contribution in [0, 0.1) is 21.7 Å². The molecule has 0 fully saturated rings. The van der Waals surface area contributed by atoms with Gasteiger partial charge in [-0.15, -0.1) is 0 Å². The minimum absolute atomic E-state index is 0.0294. The number of amidine groups is 1. The summed E-state index contributed by atoms with van der Waals surface area (Å²) in [6.07, 6.45) is 0.576. The summed E-state index contributed by atoms with van der Waals surface area (Å²) in [4.78, 5) is 28.3. The van der Waals surface area contributed by atoms with Crippen LogP contribution in [0.5, 0.6) is 5.75 Å². The molecule has 0 bridgehead atoms. The van der Waals surface area contributed by atoms with Gasteiger partial charge in [-0.1, -0.05) is 6.07 Å². The lowest BCUT2D eigenvalue weighted by atomic mass is 10.0. The molecule has 1 unspecified atom stereocenters. The van der Waals surface area contributed by atoms with E-state index in [4.69, 9.17) is 14.2 Å². The number of non-ortho nitro benzene ring substituents is 1. The minimum atomic E-state index is -1.09. The molecule has 3 rings (SSSR count). The first-order valence-corrected chi connectivity index (χ1v) is 8.86. The van der Waals surface area contributed by atoms with Crippen LogP contribution in [0.4, 0.5) is 19.3 Å². The van der Waals surface area contributed by atoms with Crippen molar-refractivity contribution >= 4 is 17.8 Å². The van der Waals surface area contributed by atoms with Crippen molar-refractivity contribution < 1.29 is 32.7 Å². The molecule has 0 saturated carbocycles. The van der Waals surface area contributed by atoms with Crippen LogP contribution < -0.4 is 4.74 Å². The monoisotopic (exact) mass is 433 g/mol. The molecule has 2 aromatic rings. The number of hydrogen-bond donors (Lipinski definition) is 0. The van der Waals surface area contributed by atoms with E-state index in [1.807, 2.05) is 0 Å². The molecule has 2 aromatic carbocycles. The highest BCUT2D eigenvalue weighted by atomic mass is 19.2. The van der Waals surface area contributed by atoms with E-state index in [1.165, 1.54) is 50.6 Å². The van der Waals surface area contributed by atoms with Crippen LogP contribution in [-0.4, -0.2) is 42.8 Å². The second kappa shape index (κ2) is 9.30. The summed E-state index contributed by atoms with van der Waals surface area (Å²) in [5.41, 5.74) is 0.454. The zero-order chi connectivity index (χ0) is 22.5. The second-order valence-corrected chi connectivity index (χ2v) is 6.30. The number of hydrogen-bond acceptors (Lipinski definition) is 7. The van der Waals surface area contributed by atoms with Gasteiger partial charge in [-0.3, -0.25) is 10.1 Å². The van der Waals surface area contributed by atoms with Crippen molar-refractivity contribution in [2.75, 3.05) is 20.8 Å². The first kappa shape index (κ1) is 21.8. The number of carbonyl (C=O) groups excluding carboxylic acids is 1. The second-order valence-electron chi connectivity index (χ2n) is 6.30. The zero-order valence-electron chi connectivity index (χ0n) is 16.5. The number of aliphatic imine (C=N–C) groups is 1. The lowest BCUT2D eigenvalue weighted by Crippen LogP contribution is -2.44. The summed E-state index contributed by atoms with van der Waals surface area (Å²) in [6.45, 7) is 0.0816. The number of halogens is 2.